The minimum Gasteiger partial charge on any atom is -0.324 e. The lowest BCUT2D eigenvalue weighted by Crippen LogP contribution is -2.42. The van der Waals surface area contributed by atoms with Crippen molar-refractivity contribution in [3.05, 3.63) is 64.2 Å². The van der Waals surface area contributed by atoms with Crippen LogP contribution >= 0.6 is 11.6 Å². The second kappa shape index (κ2) is 7.04. The molecule has 0 unspecified atom stereocenters. The Labute approximate surface area is 162 Å². The highest BCUT2D eigenvalue weighted by Crippen LogP contribution is 2.29. The van der Waals surface area contributed by atoms with Gasteiger partial charge in [-0.25, -0.2) is 4.79 Å². The zero-order chi connectivity index (χ0) is 19.8. The van der Waals surface area contributed by atoms with Crippen LogP contribution in [0, 0.1) is 13.8 Å². The van der Waals surface area contributed by atoms with Crippen molar-refractivity contribution in [3.63, 3.8) is 0 Å². The normalized spacial score (nSPS) is 19.2. The first kappa shape index (κ1) is 18.9. The molecule has 0 spiro atoms. The van der Waals surface area contributed by atoms with Crippen LogP contribution in [0.3, 0.4) is 0 Å². The van der Waals surface area contributed by atoms with E-state index in [2.05, 4.69) is 10.6 Å². The fraction of sp³-hybridized carbons (Fsp3) is 0.250. The predicted molar refractivity (Wildman–Crippen MR) is 104 cm³/mol. The molecule has 0 bridgehead atoms. The van der Waals surface area contributed by atoms with E-state index in [-0.39, 0.29) is 6.54 Å². The number of hydrogen-bond acceptors (Lipinski definition) is 3. The van der Waals surface area contributed by atoms with Gasteiger partial charge in [0.25, 0.3) is 5.91 Å². The molecule has 140 valence electrons. The second-order valence-electron chi connectivity index (χ2n) is 6.82. The molecule has 0 aromatic heterocycles. The van der Waals surface area contributed by atoms with Gasteiger partial charge in [-0.15, -0.1) is 0 Å². The number of hydrogen-bond donors (Lipinski definition) is 2. The molecule has 0 radical (unpaired) electrons. The Hall–Kier alpha value is -2.86. The average molecular weight is 386 g/mol. The molecule has 1 saturated heterocycles. The van der Waals surface area contributed by atoms with E-state index in [0.29, 0.717) is 16.3 Å². The molecular formula is C20H20ClN3O3. The first-order valence-corrected chi connectivity index (χ1v) is 8.86. The highest BCUT2D eigenvalue weighted by Gasteiger charge is 2.49. The summed E-state index contributed by atoms with van der Waals surface area (Å²) in [5.41, 5.74) is 1.91. The molecule has 3 rings (SSSR count). The van der Waals surface area contributed by atoms with E-state index in [1.54, 1.807) is 37.3 Å². The van der Waals surface area contributed by atoms with Crippen molar-refractivity contribution < 1.29 is 14.4 Å². The van der Waals surface area contributed by atoms with Gasteiger partial charge in [0.05, 0.1) is 0 Å². The molecule has 27 heavy (non-hydrogen) atoms. The topological polar surface area (TPSA) is 78.5 Å². The quantitative estimate of drug-likeness (QED) is 0.792. The standard InChI is InChI=1S/C20H20ClN3O3/c1-12-4-7-14(8-5-12)20(3)18(26)24(19(27)23-20)11-17(25)22-15-9-6-13(2)16(21)10-15/h4-10H,11H2,1-3H3,(H,22,25)(H,23,27)/t20-/m1/s1. The van der Waals surface area contributed by atoms with E-state index in [1.807, 2.05) is 26.0 Å². The maximum Gasteiger partial charge on any atom is 0.325 e. The number of rotatable bonds is 4. The lowest BCUT2D eigenvalue weighted by atomic mass is 9.91. The SMILES string of the molecule is Cc1ccc([C@@]2(C)NC(=O)N(CC(=O)Nc3ccc(C)c(Cl)c3)C2=O)cc1. The summed E-state index contributed by atoms with van der Waals surface area (Å²) in [4.78, 5) is 38.4. The number of nitrogens with one attached hydrogen (secondary N) is 2. The van der Waals surface area contributed by atoms with Gasteiger partial charge in [0, 0.05) is 10.7 Å². The van der Waals surface area contributed by atoms with Crippen LogP contribution in [0.5, 0.6) is 0 Å². The van der Waals surface area contributed by atoms with Crippen LogP contribution < -0.4 is 10.6 Å². The fourth-order valence-electron chi connectivity index (χ4n) is 2.94. The third-order valence-corrected chi connectivity index (χ3v) is 5.07. The third kappa shape index (κ3) is 3.66. The van der Waals surface area contributed by atoms with Gasteiger partial charge in [0.15, 0.2) is 0 Å². The number of carbonyl (C=O) groups excluding carboxylic acids is 3. The molecule has 2 aromatic carbocycles. The minimum atomic E-state index is -1.20. The first-order chi connectivity index (χ1) is 12.7. The Kier molecular flexibility index (Phi) is 4.93. The second-order valence-corrected chi connectivity index (χ2v) is 7.23. The fourth-order valence-corrected chi connectivity index (χ4v) is 3.12. The van der Waals surface area contributed by atoms with Crippen LogP contribution in [-0.4, -0.2) is 29.3 Å². The van der Waals surface area contributed by atoms with Gasteiger partial charge < -0.3 is 10.6 Å². The van der Waals surface area contributed by atoms with Gasteiger partial charge in [-0.1, -0.05) is 47.5 Å². The Bertz CT molecular complexity index is 927. The number of anilines is 1. The largest absolute Gasteiger partial charge is 0.325 e. The van der Waals surface area contributed by atoms with Crippen molar-refractivity contribution >= 4 is 35.1 Å². The van der Waals surface area contributed by atoms with E-state index in [4.69, 9.17) is 11.6 Å². The van der Waals surface area contributed by atoms with Gasteiger partial charge in [-0.3, -0.25) is 14.5 Å². The summed E-state index contributed by atoms with van der Waals surface area (Å²) in [6.07, 6.45) is 0. The van der Waals surface area contributed by atoms with Crippen molar-refractivity contribution in [1.29, 1.82) is 0 Å². The number of carbonyl (C=O) groups is 3. The Morgan fingerprint density at radius 3 is 2.44 bits per heavy atom. The zero-order valence-electron chi connectivity index (χ0n) is 15.3. The van der Waals surface area contributed by atoms with E-state index in [9.17, 15) is 14.4 Å². The highest BCUT2D eigenvalue weighted by atomic mass is 35.5. The van der Waals surface area contributed by atoms with Crippen LogP contribution in [0.25, 0.3) is 0 Å². The zero-order valence-corrected chi connectivity index (χ0v) is 16.1. The van der Waals surface area contributed by atoms with E-state index in [1.165, 1.54) is 0 Å². The smallest absolute Gasteiger partial charge is 0.324 e. The molecule has 1 aliphatic rings. The van der Waals surface area contributed by atoms with E-state index in [0.717, 1.165) is 16.0 Å². The monoisotopic (exact) mass is 385 g/mol. The molecule has 0 saturated carbocycles. The Morgan fingerprint density at radius 1 is 1.15 bits per heavy atom. The van der Waals surface area contributed by atoms with Crippen LogP contribution in [0.15, 0.2) is 42.5 Å². The van der Waals surface area contributed by atoms with Crippen LogP contribution in [-0.2, 0) is 15.1 Å². The molecule has 1 fully saturated rings. The number of urea groups is 1. The number of aryl methyl sites for hydroxylation is 2. The minimum absolute atomic E-state index is 0.377. The maximum absolute atomic E-state index is 12.9. The van der Waals surface area contributed by atoms with Crippen molar-refractivity contribution in [2.24, 2.45) is 0 Å². The summed E-state index contributed by atoms with van der Waals surface area (Å²) in [6, 6.07) is 11.8. The first-order valence-electron chi connectivity index (χ1n) is 8.48. The number of nitrogens with zero attached hydrogens (tertiary/aromatic N) is 1. The molecule has 1 aliphatic heterocycles. The molecule has 7 heteroatoms. The molecule has 0 aliphatic carbocycles. The molecule has 2 N–H and O–H groups in total. The van der Waals surface area contributed by atoms with Gasteiger partial charge in [0.2, 0.25) is 5.91 Å². The van der Waals surface area contributed by atoms with E-state index < -0.39 is 23.4 Å². The van der Waals surface area contributed by atoms with Gasteiger partial charge >= 0.3 is 6.03 Å². The molecule has 6 nitrogen and oxygen atoms in total. The molecule has 2 aromatic rings. The lowest BCUT2D eigenvalue weighted by Gasteiger charge is -2.22. The molecule has 4 amide bonds. The van der Waals surface area contributed by atoms with E-state index >= 15 is 0 Å². The highest BCUT2D eigenvalue weighted by molar-refractivity contribution is 6.31. The van der Waals surface area contributed by atoms with Crippen LogP contribution in [0.4, 0.5) is 10.5 Å². The average Bonchev–Trinajstić information content (AvgIpc) is 2.83. The van der Waals surface area contributed by atoms with Gasteiger partial charge in [-0.05, 0) is 44.0 Å². The van der Waals surface area contributed by atoms with Crippen LogP contribution in [0.1, 0.15) is 23.6 Å². The number of halogens is 1. The summed E-state index contributed by atoms with van der Waals surface area (Å²) in [6.45, 7) is 5.05. The van der Waals surface area contributed by atoms with Crippen LogP contribution in [0.2, 0.25) is 5.02 Å². The Morgan fingerprint density at radius 2 is 1.81 bits per heavy atom. The summed E-state index contributed by atoms with van der Waals surface area (Å²) in [5.74, 6) is -0.944. The Balaban J connectivity index is 1.74. The lowest BCUT2D eigenvalue weighted by molar-refractivity contribution is -0.133. The summed E-state index contributed by atoms with van der Waals surface area (Å²) < 4.78 is 0. The number of imide groups is 1. The number of benzene rings is 2. The summed E-state index contributed by atoms with van der Waals surface area (Å²) in [5, 5.41) is 5.87. The van der Waals surface area contributed by atoms with Crippen molar-refractivity contribution in [2.45, 2.75) is 26.3 Å². The summed E-state index contributed by atoms with van der Waals surface area (Å²) >= 11 is 6.05. The van der Waals surface area contributed by atoms with Gasteiger partial charge in [0.1, 0.15) is 12.1 Å². The molecular weight excluding hydrogens is 366 g/mol. The third-order valence-electron chi connectivity index (χ3n) is 4.66. The van der Waals surface area contributed by atoms with Crippen molar-refractivity contribution in [2.75, 3.05) is 11.9 Å². The number of amides is 4. The predicted octanol–water partition coefficient (Wildman–Crippen LogP) is 3.36. The molecule has 1 atom stereocenters. The van der Waals surface area contributed by atoms with Gasteiger partial charge in [-0.2, -0.15) is 0 Å². The molecule has 1 heterocycles. The van der Waals surface area contributed by atoms with Crippen molar-refractivity contribution in [3.8, 4) is 0 Å². The summed E-state index contributed by atoms with van der Waals surface area (Å²) in [7, 11) is 0. The van der Waals surface area contributed by atoms with Crippen molar-refractivity contribution in [1.82, 2.24) is 10.2 Å². The maximum atomic E-state index is 12.9.